The summed E-state index contributed by atoms with van der Waals surface area (Å²) in [6.07, 6.45) is 0. The van der Waals surface area contributed by atoms with Gasteiger partial charge in [-0.1, -0.05) is 182 Å². The molecule has 0 saturated heterocycles. The lowest BCUT2D eigenvalue weighted by Gasteiger charge is -2.35. The maximum Gasteiger partial charge on any atom is 0.0726 e. The lowest BCUT2D eigenvalue weighted by molar-refractivity contribution is 0.775. The number of rotatable bonds is 4. The Morgan fingerprint density at radius 2 is 0.825 bits per heavy atom. The Kier molecular flexibility index (Phi) is 7.08. The lowest BCUT2D eigenvalue weighted by atomic mass is 9.66. The summed E-state index contributed by atoms with van der Waals surface area (Å²) >= 11 is 1.88. The van der Waals surface area contributed by atoms with Crippen LogP contribution in [0, 0.1) is 0 Å². The Hall–Kier alpha value is -7.00. The van der Waals surface area contributed by atoms with Gasteiger partial charge in [-0.25, -0.2) is 0 Å². The van der Waals surface area contributed by atoms with Gasteiger partial charge in [-0.05, 0) is 91.5 Å². The second-order valence-corrected chi connectivity index (χ2v) is 16.2. The Labute approximate surface area is 336 Å². The molecule has 0 atom stereocenters. The van der Waals surface area contributed by atoms with Crippen LogP contribution in [0.4, 0.5) is 17.1 Å². The summed E-state index contributed by atoms with van der Waals surface area (Å²) in [5.41, 5.74) is 18.2. The molecule has 0 bridgehead atoms. The molecule has 1 aromatic heterocycles. The van der Waals surface area contributed by atoms with Gasteiger partial charge in [0.25, 0.3) is 0 Å². The fourth-order valence-electron chi connectivity index (χ4n) is 10.0. The third-order valence-electron chi connectivity index (χ3n) is 12.3. The molecule has 0 N–H and O–H groups in total. The van der Waals surface area contributed by atoms with Crippen molar-refractivity contribution in [2.45, 2.75) is 5.41 Å². The van der Waals surface area contributed by atoms with Crippen molar-refractivity contribution in [1.29, 1.82) is 0 Å². The topological polar surface area (TPSA) is 3.24 Å². The molecule has 1 heterocycles. The maximum atomic E-state index is 2.53. The quantitative estimate of drug-likeness (QED) is 0.174. The number of nitrogens with zero attached hydrogens (tertiary/aromatic N) is 1. The molecule has 9 aromatic carbocycles. The third kappa shape index (κ3) is 4.56. The molecule has 0 radical (unpaired) electrons. The van der Waals surface area contributed by atoms with Crippen molar-refractivity contribution in [3.8, 4) is 44.5 Å². The molecule has 57 heavy (non-hydrogen) atoms. The molecule has 10 aromatic rings. The predicted octanol–water partition coefficient (Wildman–Crippen LogP) is 15.2. The van der Waals surface area contributed by atoms with Crippen LogP contribution in [0.25, 0.3) is 64.7 Å². The molecule has 266 valence electrons. The van der Waals surface area contributed by atoms with Crippen molar-refractivity contribution in [2.75, 3.05) is 4.90 Å². The molecule has 0 fully saturated rings. The van der Waals surface area contributed by atoms with Crippen LogP contribution in [0.3, 0.4) is 0 Å². The zero-order valence-corrected chi connectivity index (χ0v) is 31.9. The molecule has 2 aliphatic rings. The molecule has 1 nitrogen and oxygen atoms in total. The first-order valence-corrected chi connectivity index (χ1v) is 20.5. The van der Waals surface area contributed by atoms with E-state index >= 15 is 0 Å². The highest BCUT2D eigenvalue weighted by atomic mass is 32.1. The van der Waals surface area contributed by atoms with Gasteiger partial charge in [-0.15, -0.1) is 11.3 Å². The van der Waals surface area contributed by atoms with E-state index in [1.807, 2.05) is 11.3 Å². The minimum absolute atomic E-state index is 0.555. The molecule has 0 unspecified atom stereocenters. The van der Waals surface area contributed by atoms with E-state index in [1.165, 1.54) is 98.3 Å². The van der Waals surface area contributed by atoms with Crippen molar-refractivity contribution in [1.82, 2.24) is 0 Å². The Bertz CT molecular complexity index is 3120. The first-order chi connectivity index (χ1) is 28.3. The van der Waals surface area contributed by atoms with Crippen molar-refractivity contribution in [3.05, 3.63) is 235 Å². The molecule has 2 aliphatic carbocycles. The molecule has 0 aliphatic heterocycles. The largest absolute Gasteiger partial charge is 0.308 e. The first-order valence-electron chi connectivity index (χ1n) is 19.7. The zero-order valence-electron chi connectivity index (χ0n) is 31.1. The second-order valence-electron chi connectivity index (χ2n) is 15.1. The van der Waals surface area contributed by atoms with E-state index in [0.717, 1.165) is 5.69 Å². The van der Waals surface area contributed by atoms with Crippen molar-refractivity contribution in [3.63, 3.8) is 0 Å². The van der Waals surface area contributed by atoms with Crippen LogP contribution in [0.1, 0.15) is 22.3 Å². The monoisotopic (exact) mass is 741 g/mol. The van der Waals surface area contributed by atoms with Gasteiger partial charge in [0.15, 0.2) is 0 Å². The molecular weight excluding hydrogens is 707 g/mol. The van der Waals surface area contributed by atoms with E-state index in [1.54, 1.807) is 0 Å². The summed E-state index contributed by atoms with van der Waals surface area (Å²) in [4.78, 5) is 2.53. The average molecular weight is 742 g/mol. The fraction of sp³-hybridized carbons (Fsp3) is 0.0182. The van der Waals surface area contributed by atoms with Gasteiger partial charge < -0.3 is 4.90 Å². The number of fused-ring (bicyclic) bond motifs is 15. The van der Waals surface area contributed by atoms with Gasteiger partial charge >= 0.3 is 0 Å². The molecule has 2 heteroatoms. The summed E-state index contributed by atoms with van der Waals surface area (Å²) in [6, 6.07) is 78.9. The third-order valence-corrected chi connectivity index (χ3v) is 13.5. The maximum absolute atomic E-state index is 2.53. The van der Waals surface area contributed by atoms with Crippen LogP contribution in [-0.2, 0) is 5.41 Å². The van der Waals surface area contributed by atoms with Gasteiger partial charge in [0.05, 0.1) is 21.5 Å². The number of hydrogen-bond donors (Lipinski definition) is 0. The van der Waals surface area contributed by atoms with Crippen LogP contribution in [0.15, 0.2) is 212 Å². The molecule has 0 saturated carbocycles. The van der Waals surface area contributed by atoms with Crippen LogP contribution in [-0.4, -0.2) is 0 Å². The van der Waals surface area contributed by atoms with Gasteiger partial charge in [0.1, 0.15) is 0 Å². The predicted molar refractivity (Wildman–Crippen MR) is 241 cm³/mol. The minimum Gasteiger partial charge on any atom is -0.308 e. The van der Waals surface area contributed by atoms with Crippen LogP contribution in [0.5, 0.6) is 0 Å². The van der Waals surface area contributed by atoms with E-state index in [9.17, 15) is 0 Å². The van der Waals surface area contributed by atoms with Gasteiger partial charge in [0, 0.05) is 26.7 Å². The van der Waals surface area contributed by atoms with Gasteiger partial charge in [0.2, 0.25) is 0 Å². The van der Waals surface area contributed by atoms with Gasteiger partial charge in [-0.2, -0.15) is 0 Å². The Morgan fingerprint density at radius 3 is 1.53 bits per heavy atom. The number of benzene rings is 9. The van der Waals surface area contributed by atoms with Crippen molar-refractivity contribution in [2.24, 2.45) is 0 Å². The number of anilines is 3. The van der Waals surface area contributed by atoms with Crippen LogP contribution >= 0.6 is 11.3 Å². The Morgan fingerprint density at radius 1 is 0.333 bits per heavy atom. The minimum atomic E-state index is -0.555. The molecular formula is C55H35NS. The SMILES string of the molecule is c1ccc(-c2ccc(N(c3cccc4c3-c3ccccc3C43c4ccccc4-c4ccccc4-c4ccccc43)c3cccc4c3sc3ccccc34)cc2)cc1. The van der Waals surface area contributed by atoms with E-state index < -0.39 is 5.41 Å². The van der Waals surface area contributed by atoms with E-state index in [4.69, 9.17) is 0 Å². The standard InChI is InChI=1S/C55H35NS/c1-2-16-36(17-3-1)37-32-34-38(35-33-37)56(51-30-14-24-44-43-22-9-13-31-52(43)57-54(44)51)50-29-15-28-49-53(50)45-23-8-12-27-48(45)55(49)46-25-10-6-20-41(46)39-18-4-5-19-40(39)42-21-7-11-26-47(42)55/h1-35H. The van der Waals surface area contributed by atoms with E-state index in [-0.39, 0.29) is 0 Å². The van der Waals surface area contributed by atoms with Crippen molar-refractivity contribution < 1.29 is 0 Å². The normalized spacial score (nSPS) is 13.1. The fourth-order valence-corrected chi connectivity index (χ4v) is 11.2. The zero-order chi connectivity index (χ0) is 37.5. The second kappa shape index (κ2) is 12.5. The summed E-state index contributed by atoms with van der Waals surface area (Å²) in [6.45, 7) is 0. The van der Waals surface area contributed by atoms with Crippen LogP contribution < -0.4 is 4.90 Å². The number of hydrogen-bond acceptors (Lipinski definition) is 2. The molecule has 0 amide bonds. The summed E-state index contributed by atoms with van der Waals surface area (Å²) in [5.74, 6) is 0. The summed E-state index contributed by atoms with van der Waals surface area (Å²) in [7, 11) is 0. The molecule has 1 spiro atoms. The Balaban J connectivity index is 1.19. The average Bonchev–Trinajstić information content (AvgIpc) is 3.79. The molecule has 12 rings (SSSR count). The van der Waals surface area contributed by atoms with Crippen LogP contribution in [0.2, 0.25) is 0 Å². The van der Waals surface area contributed by atoms with E-state index in [2.05, 4.69) is 217 Å². The highest BCUT2D eigenvalue weighted by Gasteiger charge is 2.50. The summed E-state index contributed by atoms with van der Waals surface area (Å²) in [5, 5.41) is 2.58. The highest BCUT2D eigenvalue weighted by Crippen LogP contribution is 2.63. The highest BCUT2D eigenvalue weighted by molar-refractivity contribution is 7.26. The van der Waals surface area contributed by atoms with Gasteiger partial charge in [-0.3, -0.25) is 0 Å². The van der Waals surface area contributed by atoms with E-state index in [0.29, 0.717) is 0 Å². The summed E-state index contributed by atoms with van der Waals surface area (Å²) < 4.78 is 2.58. The lowest BCUT2D eigenvalue weighted by Crippen LogP contribution is -2.29. The van der Waals surface area contributed by atoms with Crippen molar-refractivity contribution >= 4 is 48.6 Å². The smallest absolute Gasteiger partial charge is 0.0726 e. The number of thiophene rings is 1. The first kappa shape index (κ1) is 32.3.